The Morgan fingerprint density at radius 3 is 3.07 bits per heavy atom. The number of nitrogens with zero attached hydrogens (tertiary/aromatic N) is 3. The van der Waals surface area contributed by atoms with Crippen LogP contribution in [0, 0.1) is 0 Å². The van der Waals surface area contributed by atoms with Gasteiger partial charge in [0.25, 0.3) is 0 Å². The molecule has 0 bridgehead atoms. The fourth-order valence-electron chi connectivity index (χ4n) is 3.61. The first-order valence-electron chi connectivity index (χ1n) is 9.38. The van der Waals surface area contributed by atoms with Crippen LogP contribution in [-0.2, 0) is 4.79 Å². The van der Waals surface area contributed by atoms with E-state index >= 15 is 0 Å². The number of carbonyl (C=O) groups is 1. The summed E-state index contributed by atoms with van der Waals surface area (Å²) in [7, 11) is 0. The molecule has 4 rings (SSSR count). The molecule has 0 spiro atoms. The van der Waals surface area contributed by atoms with Gasteiger partial charge in [-0.1, -0.05) is 18.2 Å². The molecule has 7 nitrogen and oxygen atoms in total. The minimum atomic E-state index is -0.0984. The van der Waals surface area contributed by atoms with E-state index in [9.17, 15) is 4.79 Å². The van der Waals surface area contributed by atoms with Crippen LogP contribution in [0.3, 0.4) is 0 Å². The topological polar surface area (TPSA) is 95.6 Å². The average Bonchev–Trinajstić information content (AvgIpc) is 3.09. The van der Waals surface area contributed by atoms with E-state index in [1.54, 1.807) is 6.20 Å². The summed E-state index contributed by atoms with van der Waals surface area (Å²) in [5, 5.41) is 7.63. The molecule has 2 aliphatic heterocycles. The summed E-state index contributed by atoms with van der Waals surface area (Å²) >= 11 is 0. The van der Waals surface area contributed by atoms with Crippen molar-refractivity contribution in [2.24, 2.45) is 10.7 Å². The Labute approximate surface area is 158 Å². The fourth-order valence-corrected chi connectivity index (χ4v) is 3.61. The Balaban J connectivity index is 1.43. The van der Waals surface area contributed by atoms with Gasteiger partial charge in [-0.15, -0.1) is 0 Å². The van der Waals surface area contributed by atoms with E-state index in [4.69, 9.17) is 5.73 Å². The van der Waals surface area contributed by atoms with E-state index < -0.39 is 0 Å². The second-order valence-corrected chi connectivity index (χ2v) is 6.84. The van der Waals surface area contributed by atoms with E-state index in [1.165, 1.54) is 0 Å². The SMILES string of the molecule is NC1=NC(c2cccc3ncccc23)=CC(NCCCN2CCCC2=O)N1. The lowest BCUT2D eigenvalue weighted by Crippen LogP contribution is -2.49. The van der Waals surface area contributed by atoms with E-state index in [-0.39, 0.29) is 12.1 Å². The second kappa shape index (κ2) is 7.75. The standard InChI is InChI=1S/C20H24N6O/c21-20-24-17(15-5-1-7-16-14(15)6-2-9-22-16)13-18(25-20)23-10-4-12-26-11-3-8-19(26)27/h1-2,5-7,9,13,18,23H,3-4,8,10-12H2,(H3,21,24,25). The number of carbonyl (C=O) groups excluding carboxylic acids is 1. The maximum Gasteiger partial charge on any atom is 0.222 e. The van der Waals surface area contributed by atoms with Gasteiger partial charge >= 0.3 is 0 Å². The predicted octanol–water partition coefficient (Wildman–Crippen LogP) is 1.42. The quantitative estimate of drug-likeness (QED) is 0.674. The third-order valence-corrected chi connectivity index (χ3v) is 4.93. The van der Waals surface area contributed by atoms with E-state index in [0.717, 1.165) is 54.6 Å². The van der Waals surface area contributed by atoms with Gasteiger partial charge in [0.05, 0.1) is 11.2 Å². The van der Waals surface area contributed by atoms with Crippen LogP contribution in [0.5, 0.6) is 0 Å². The first kappa shape index (κ1) is 17.5. The number of fused-ring (bicyclic) bond motifs is 1. The average molecular weight is 364 g/mol. The minimum absolute atomic E-state index is 0.0984. The van der Waals surface area contributed by atoms with Crippen molar-refractivity contribution in [2.45, 2.75) is 25.4 Å². The lowest BCUT2D eigenvalue weighted by atomic mass is 10.0. The summed E-state index contributed by atoms with van der Waals surface area (Å²) in [6.07, 6.45) is 6.31. The van der Waals surface area contributed by atoms with Gasteiger partial charge in [0, 0.05) is 36.7 Å². The van der Waals surface area contributed by atoms with Crippen LogP contribution in [0.15, 0.2) is 47.6 Å². The molecule has 2 aromatic rings. The Morgan fingerprint density at radius 1 is 1.30 bits per heavy atom. The molecule has 0 radical (unpaired) electrons. The van der Waals surface area contributed by atoms with Gasteiger partial charge in [-0.2, -0.15) is 0 Å². The number of nitrogens with two attached hydrogens (primary N) is 1. The highest BCUT2D eigenvalue weighted by atomic mass is 16.2. The van der Waals surface area contributed by atoms with Crippen molar-refractivity contribution in [3.63, 3.8) is 0 Å². The van der Waals surface area contributed by atoms with Crippen molar-refractivity contribution in [3.8, 4) is 0 Å². The second-order valence-electron chi connectivity index (χ2n) is 6.84. The minimum Gasteiger partial charge on any atom is -0.370 e. The summed E-state index contributed by atoms with van der Waals surface area (Å²) in [5.74, 6) is 0.662. The number of pyridine rings is 1. The molecule has 1 saturated heterocycles. The summed E-state index contributed by atoms with van der Waals surface area (Å²) < 4.78 is 0. The Bertz CT molecular complexity index is 901. The summed E-state index contributed by atoms with van der Waals surface area (Å²) in [4.78, 5) is 22.5. The normalized spacial score (nSPS) is 19.8. The number of benzene rings is 1. The third kappa shape index (κ3) is 3.93. The van der Waals surface area contributed by atoms with Crippen LogP contribution in [0.2, 0.25) is 0 Å². The van der Waals surface area contributed by atoms with Crippen LogP contribution in [0.1, 0.15) is 24.8 Å². The molecular formula is C20H24N6O. The molecule has 4 N–H and O–H groups in total. The zero-order valence-electron chi connectivity index (χ0n) is 15.2. The maximum absolute atomic E-state index is 11.7. The number of likely N-dealkylation sites (tertiary alicyclic amines) is 1. The van der Waals surface area contributed by atoms with Crippen LogP contribution in [0.4, 0.5) is 0 Å². The molecule has 140 valence electrons. The van der Waals surface area contributed by atoms with Crippen LogP contribution in [0.25, 0.3) is 16.6 Å². The lowest BCUT2D eigenvalue weighted by molar-refractivity contribution is -0.127. The number of nitrogens with one attached hydrogen (secondary N) is 2. The van der Waals surface area contributed by atoms with Crippen molar-refractivity contribution < 1.29 is 4.79 Å². The molecule has 0 saturated carbocycles. The fraction of sp³-hybridized carbons (Fsp3) is 0.350. The number of guanidine groups is 1. The van der Waals surface area contributed by atoms with Crippen LogP contribution < -0.4 is 16.4 Å². The molecule has 7 heteroatoms. The highest BCUT2D eigenvalue weighted by Gasteiger charge is 2.20. The summed E-state index contributed by atoms with van der Waals surface area (Å²) in [5.41, 5.74) is 8.79. The lowest BCUT2D eigenvalue weighted by Gasteiger charge is -2.23. The number of hydrogen-bond acceptors (Lipinski definition) is 6. The van der Waals surface area contributed by atoms with Gasteiger partial charge in [0.2, 0.25) is 5.91 Å². The maximum atomic E-state index is 11.7. The van der Waals surface area contributed by atoms with Gasteiger partial charge in [-0.25, -0.2) is 4.99 Å². The zero-order chi connectivity index (χ0) is 18.6. The van der Waals surface area contributed by atoms with Crippen LogP contribution in [-0.4, -0.2) is 47.6 Å². The number of aliphatic imine (C=N–C) groups is 1. The number of aromatic nitrogens is 1. The highest BCUT2D eigenvalue weighted by Crippen LogP contribution is 2.26. The number of hydrogen-bond donors (Lipinski definition) is 3. The molecule has 1 amide bonds. The molecular weight excluding hydrogens is 340 g/mol. The van der Waals surface area contributed by atoms with Gasteiger partial charge in [0.15, 0.2) is 5.96 Å². The Kier molecular flexibility index (Phi) is 5.02. The molecule has 1 atom stereocenters. The van der Waals surface area contributed by atoms with E-state index in [0.29, 0.717) is 12.4 Å². The Hall–Kier alpha value is -2.93. The van der Waals surface area contributed by atoms with Gasteiger partial charge < -0.3 is 16.0 Å². The molecule has 1 fully saturated rings. The van der Waals surface area contributed by atoms with Crippen molar-refractivity contribution in [2.75, 3.05) is 19.6 Å². The van der Waals surface area contributed by atoms with Crippen molar-refractivity contribution >= 4 is 28.5 Å². The molecule has 3 heterocycles. The summed E-state index contributed by atoms with van der Waals surface area (Å²) in [6.45, 7) is 2.47. The molecule has 1 unspecified atom stereocenters. The van der Waals surface area contributed by atoms with Gasteiger partial charge in [-0.3, -0.25) is 15.1 Å². The zero-order valence-corrected chi connectivity index (χ0v) is 15.2. The van der Waals surface area contributed by atoms with Crippen LogP contribution >= 0.6 is 0 Å². The first-order valence-corrected chi connectivity index (χ1v) is 9.38. The van der Waals surface area contributed by atoms with Crippen molar-refractivity contribution in [3.05, 3.63) is 48.2 Å². The van der Waals surface area contributed by atoms with Gasteiger partial charge in [0.1, 0.15) is 6.17 Å². The smallest absolute Gasteiger partial charge is 0.222 e. The van der Waals surface area contributed by atoms with Gasteiger partial charge in [-0.05, 0) is 37.6 Å². The molecule has 2 aliphatic rings. The molecule has 1 aromatic heterocycles. The monoisotopic (exact) mass is 364 g/mol. The number of rotatable bonds is 6. The molecule has 27 heavy (non-hydrogen) atoms. The first-order chi connectivity index (χ1) is 13.2. The Morgan fingerprint density at radius 2 is 2.22 bits per heavy atom. The predicted molar refractivity (Wildman–Crippen MR) is 107 cm³/mol. The summed E-state index contributed by atoms with van der Waals surface area (Å²) in [6, 6.07) is 9.98. The van der Waals surface area contributed by atoms with E-state index in [2.05, 4.69) is 20.6 Å². The third-order valence-electron chi connectivity index (χ3n) is 4.93. The van der Waals surface area contributed by atoms with Crippen molar-refractivity contribution in [1.82, 2.24) is 20.5 Å². The number of amides is 1. The largest absolute Gasteiger partial charge is 0.370 e. The molecule has 1 aromatic carbocycles. The van der Waals surface area contributed by atoms with Crippen molar-refractivity contribution in [1.29, 1.82) is 0 Å². The molecule has 0 aliphatic carbocycles. The van der Waals surface area contributed by atoms with E-state index in [1.807, 2.05) is 41.3 Å². The highest BCUT2D eigenvalue weighted by molar-refractivity contribution is 5.96.